The first-order valence-corrected chi connectivity index (χ1v) is 4.49. The quantitative estimate of drug-likeness (QED) is 0.552. The van der Waals surface area contributed by atoms with Gasteiger partial charge in [0, 0.05) is 0 Å². The highest BCUT2D eigenvalue weighted by Gasteiger charge is 2.47. The van der Waals surface area contributed by atoms with Crippen molar-refractivity contribution in [1.29, 1.82) is 0 Å². The summed E-state index contributed by atoms with van der Waals surface area (Å²) in [5.41, 5.74) is 0. The summed E-state index contributed by atoms with van der Waals surface area (Å²) in [6.45, 7) is -1.32. The second kappa shape index (κ2) is 1.88. The molecule has 1 aliphatic heterocycles. The topological polar surface area (TPSA) is 37.4 Å². The van der Waals surface area contributed by atoms with E-state index in [1.165, 1.54) is 0 Å². The van der Waals surface area contributed by atoms with Crippen LogP contribution in [0, 0.1) is 0 Å². The van der Waals surface area contributed by atoms with Crippen molar-refractivity contribution in [2.75, 3.05) is 19.3 Å². The molecular weight excluding hydrogens is 164 g/mol. The summed E-state index contributed by atoms with van der Waals surface area (Å²) in [5, 5.41) is 0. The van der Waals surface area contributed by atoms with E-state index in [2.05, 4.69) is 0 Å². The number of hydrogen-bond acceptors (Lipinski definition) is 2. The van der Waals surface area contributed by atoms with Crippen LogP contribution in [-0.2, 0) is 10.0 Å². The Labute approximate surface area is 57.7 Å². The molecule has 3 nitrogen and oxygen atoms in total. The molecule has 0 unspecified atom stereocenters. The van der Waals surface area contributed by atoms with Crippen LogP contribution in [0.2, 0.25) is 0 Å². The van der Waals surface area contributed by atoms with Crippen molar-refractivity contribution in [2.24, 2.45) is 0 Å². The largest absolute Gasteiger partial charge is 0.275 e. The van der Waals surface area contributed by atoms with Crippen molar-refractivity contribution in [3.05, 3.63) is 0 Å². The van der Waals surface area contributed by atoms with Crippen molar-refractivity contribution < 1.29 is 17.2 Å². The molecule has 0 saturated carbocycles. The molecule has 1 heterocycles. The molecule has 1 saturated heterocycles. The first-order chi connectivity index (χ1) is 4.31. The van der Waals surface area contributed by atoms with Gasteiger partial charge in [-0.25, -0.2) is 17.2 Å². The van der Waals surface area contributed by atoms with E-state index in [1.54, 1.807) is 0 Å². The van der Waals surface area contributed by atoms with E-state index in [9.17, 15) is 17.2 Å². The van der Waals surface area contributed by atoms with E-state index in [4.69, 9.17) is 0 Å². The fraction of sp³-hybridized carbons (Fsp3) is 1.00. The minimum absolute atomic E-state index is 0.661. The monoisotopic (exact) mass is 171 g/mol. The summed E-state index contributed by atoms with van der Waals surface area (Å²) >= 11 is 0. The summed E-state index contributed by atoms with van der Waals surface area (Å²) in [7, 11) is -3.38. The molecule has 0 bridgehead atoms. The fourth-order valence-electron chi connectivity index (χ4n) is 0.704. The lowest BCUT2D eigenvalue weighted by Gasteiger charge is -2.36. The summed E-state index contributed by atoms with van der Waals surface area (Å²) in [5.74, 6) is -2.80. The Kier molecular flexibility index (Phi) is 1.48. The van der Waals surface area contributed by atoms with Gasteiger partial charge in [0.15, 0.2) is 0 Å². The second-order valence-corrected chi connectivity index (χ2v) is 4.37. The van der Waals surface area contributed by atoms with E-state index in [-0.39, 0.29) is 0 Å². The van der Waals surface area contributed by atoms with Crippen LogP contribution in [0.5, 0.6) is 0 Å². The van der Waals surface area contributed by atoms with Gasteiger partial charge in [-0.15, -0.1) is 0 Å². The van der Waals surface area contributed by atoms with Crippen LogP contribution in [0.15, 0.2) is 0 Å². The predicted molar refractivity (Wildman–Crippen MR) is 31.4 cm³/mol. The molecule has 1 rings (SSSR count). The lowest BCUT2D eigenvalue weighted by molar-refractivity contribution is -0.0942. The molecule has 0 N–H and O–H groups in total. The molecule has 6 heteroatoms. The van der Waals surface area contributed by atoms with Gasteiger partial charge in [-0.1, -0.05) is 0 Å². The van der Waals surface area contributed by atoms with E-state index >= 15 is 0 Å². The Bertz CT molecular complexity index is 228. The molecule has 0 aromatic carbocycles. The zero-order valence-corrected chi connectivity index (χ0v) is 6.16. The van der Waals surface area contributed by atoms with Crippen molar-refractivity contribution in [3.8, 4) is 0 Å². The van der Waals surface area contributed by atoms with E-state index in [1.807, 2.05) is 0 Å². The molecule has 10 heavy (non-hydrogen) atoms. The van der Waals surface area contributed by atoms with Crippen LogP contribution >= 0.6 is 0 Å². The van der Waals surface area contributed by atoms with Gasteiger partial charge in [0.1, 0.15) is 0 Å². The third kappa shape index (κ3) is 1.43. The van der Waals surface area contributed by atoms with Crippen molar-refractivity contribution >= 4 is 10.0 Å². The van der Waals surface area contributed by atoms with Gasteiger partial charge >= 0.3 is 0 Å². The number of sulfonamides is 1. The highest BCUT2D eigenvalue weighted by Crippen LogP contribution is 2.28. The van der Waals surface area contributed by atoms with Crippen LogP contribution in [-0.4, -0.2) is 38.0 Å². The molecule has 1 aliphatic rings. The Hall–Kier alpha value is -0.230. The zero-order chi connectivity index (χ0) is 7.99. The van der Waals surface area contributed by atoms with E-state index in [0.29, 0.717) is 0 Å². The van der Waals surface area contributed by atoms with Gasteiger partial charge in [0.2, 0.25) is 10.0 Å². The van der Waals surface area contributed by atoms with Gasteiger partial charge in [-0.3, -0.25) is 0 Å². The summed E-state index contributed by atoms with van der Waals surface area (Å²) < 4.78 is 45.8. The lowest BCUT2D eigenvalue weighted by atomic mass is 10.2. The molecule has 0 amide bonds. The van der Waals surface area contributed by atoms with Crippen LogP contribution < -0.4 is 0 Å². The highest BCUT2D eigenvalue weighted by molar-refractivity contribution is 7.88. The van der Waals surface area contributed by atoms with Crippen molar-refractivity contribution in [1.82, 2.24) is 4.31 Å². The maximum Gasteiger partial charge on any atom is 0.275 e. The van der Waals surface area contributed by atoms with Gasteiger partial charge in [0.25, 0.3) is 5.92 Å². The first-order valence-electron chi connectivity index (χ1n) is 2.64. The predicted octanol–water partition coefficient (Wildman–Crippen LogP) is -0.103. The van der Waals surface area contributed by atoms with Crippen LogP contribution in [0.1, 0.15) is 0 Å². The Balaban J connectivity index is 2.57. The molecular formula is C4H7F2NO2S. The van der Waals surface area contributed by atoms with E-state index < -0.39 is 29.0 Å². The minimum atomic E-state index is -3.38. The van der Waals surface area contributed by atoms with Gasteiger partial charge in [0.05, 0.1) is 19.3 Å². The smallest absolute Gasteiger partial charge is 0.212 e. The number of nitrogens with zero attached hydrogens (tertiary/aromatic N) is 1. The lowest BCUT2D eigenvalue weighted by Crippen LogP contribution is -2.57. The zero-order valence-electron chi connectivity index (χ0n) is 5.34. The van der Waals surface area contributed by atoms with Crippen LogP contribution in [0.4, 0.5) is 8.78 Å². The van der Waals surface area contributed by atoms with Crippen LogP contribution in [0.3, 0.4) is 0 Å². The number of hydrogen-bond donors (Lipinski definition) is 0. The Morgan fingerprint density at radius 1 is 1.40 bits per heavy atom. The third-order valence-electron chi connectivity index (χ3n) is 1.28. The molecule has 60 valence electrons. The van der Waals surface area contributed by atoms with E-state index in [0.717, 1.165) is 10.6 Å². The average molecular weight is 171 g/mol. The summed E-state index contributed by atoms with van der Waals surface area (Å²) in [4.78, 5) is 0. The second-order valence-electron chi connectivity index (χ2n) is 2.39. The highest BCUT2D eigenvalue weighted by atomic mass is 32.2. The molecule has 0 aromatic rings. The molecule has 0 atom stereocenters. The average Bonchev–Trinajstić information content (AvgIpc) is 1.56. The summed E-state index contributed by atoms with van der Waals surface area (Å²) in [6.07, 6.45) is 0.919. The van der Waals surface area contributed by atoms with Crippen molar-refractivity contribution in [3.63, 3.8) is 0 Å². The minimum Gasteiger partial charge on any atom is -0.212 e. The molecule has 0 aromatic heterocycles. The molecule has 0 spiro atoms. The SMILES string of the molecule is CS(=O)(=O)N1CC(F)(F)C1. The number of rotatable bonds is 1. The number of alkyl halides is 2. The first kappa shape index (κ1) is 7.87. The number of halogens is 2. The fourth-order valence-corrected chi connectivity index (χ4v) is 1.55. The Morgan fingerprint density at radius 2 is 1.80 bits per heavy atom. The normalized spacial score (nSPS) is 25.9. The standard InChI is InChI=1S/C4H7F2NO2S/c1-10(8,9)7-2-4(5,6)3-7/h2-3H2,1H3. The van der Waals surface area contributed by atoms with Crippen molar-refractivity contribution in [2.45, 2.75) is 5.92 Å². The third-order valence-corrected chi connectivity index (χ3v) is 2.48. The molecule has 1 fully saturated rings. The maximum atomic E-state index is 12.0. The molecule has 0 radical (unpaired) electrons. The Morgan fingerprint density at radius 3 is 1.90 bits per heavy atom. The maximum absolute atomic E-state index is 12.0. The van der Waals surface area contributed by atoms with Gasteiger partial charge < -0.3 is 0 Å². The van der Waals surface area contributed by atoms with Gasteiger partial charge in [-0.05, 0) is 0 Å². The summed E-state index contributed by atoms with van der Waals surface area (Å²) in [6, 6.07) is 0. The van der Waals surface area contributed by atoms with Crippen LogP contribution in [0.25, 0.3) is 0 Å². The molecule has 0 aliphatic carbocycles. The van der Waals surface area contributed by atoms with Gasteiger partial charge in [-0.2, -0.15) is 4.31 Å².